The molecule has 1 fully saturated rings. The first kappa shape index (κ1) is 18.7. The van der Waals surface area contributed by atoms with E-state index in [1.807, 2.05) is 35.2 Å². The minimum Gasteiger partial charge on any atom is -0.495 e. The molecule has 7 heteroatoms. The van der Waals surface area contributed by atoms with E-state index < -0.39 is 0 Å². The zero-order chi connectivity index (χ0) is 18.5. The number of halogens is 2. The number of urea groups is 1. The third-order valence-corrected chi connectivity index (χ3v) is 5.03. The molecule has 2 aromatic rings. The van der Waals surface area contributed by atoms with Gasteiger partial charge in [-0.25, -0.2) is 4.79 Å². The van der Waals surface area contributed by atoms with Gasteiger partial charge in [-0.3, -0.25) is 0 Å². The SMILES string of the molecule is COc1ccc(CNC(=O)N2CCN(c3ccccc3Cl)CC2)cc1Cl. The molecule has 26 heavy (non-hydrogen) atoms. The molecule has 2 aromatic carbocycles. The van der Waals surface area contributed by atoms with Crippen molar-refractivity contribution in [1.82, 2.24) is 10.2 Å². The maximum atomic E-state index is 12.4. The van der Waals surface area contributed by atoms with Crippen molar-refractivity contribution in [3.05, 3.63) is 58.1 Å². The molecule has 5 nitrogen and oxygen atoms in total. The zero-order valence-corrected chi connectivity index (χ0v) is 16.1. The van der Waals surface area contributed by atoms with Crippen molar-refractivity contribution in [2.24, 2.45) is 0 Å². The topological polar surface area (TPSA) is 44.8 Å². The normalized spacial score (nSPS) is 14.3. The molecule has 1 heterocycles. The first-order valence-corrected chi connectivity index (χ1v) is 9.19. The lowest BCUT2D eigenvalue weighted by Gasteiger charge is -2.36. The fourth-order valence-corrected chi connectivity index (χ4v) is 3.50. The number of nitrogens with zero attached hydrogens (tertiary/aromatic N) is 2. The second-order valence-electron chi connectivity index (χ2n) is 6.05. The van der Waals surface area contributed by atoms with E-state index in [1.165, 1.54) is 0 Å². The Hall–Kier alpha value is -2.11. The number of ether oxygens (including phenoxy) is 1. The Kier molecular flexibility index (Phi) is 6.12. The third-order valence-electron chi connectivity index (χ3n) is 4.42. The standard InChI is InChI=1S/C19H21Cl2N3O2/c1-26-18-7-6-14(12-16(18)21)13-22-19(25)24-10-8-23(9-11-24)17-5-3-2-4-15(17)20/h2-7,12H,8-11,13H2,1H3,(H,22,25). The van der Waals surface area contributed by atoms with Crippen LogP contribution < -0.4 is 15.0 Å². The number of carbonyl (C=O) groups excluding carboxylic acids is 1. The molecule has 3 rings (SSSR count). The Labute approximate surface area is 163 Å². The second-order valence-corrected chi connectivity index (χ2v) is 6.87. The Morgan fingerprint density at radius 1 is 1.08 bits per heavy atom. The molecule has 0 aliphatic carbocycles. The van der Waals surface area contributed by atoms with Gasteiger partial charge in [0.15, 0.2) is 0 Å². The average molecular weight is 394 g/mol. The van der Waals surface area contributed by atoms with Crippen LogP contribution in [0.5, 0.6) is 5.75 Å². The van der Waals surface area contributed by atoms with E-state index in [1.54, 1.807) is 19.2 Å². The van der Waals surface area contributed by atoms with Gasteiger partial charge in [0.2, 0.25) is 0 Å². The smallest absolute Gasteiger partial charge is 0.317 e. The van der Waals surface area contributed by atoms with Crippen molar-refractivity contribution in [2.75, 3.05) is 38.2 Å². The molecule has 0 atom stereocenters. The summed E-state index contributed by atoms with van der Waals surface area (Å²) in [5.74, 6) is 0.623. The van der Waals surface area contributed by atoms with Crippen molar-refractivity contribution in [1.29, 1.82) is 0 Å². The molecule has 1 saturated heterocycles. The number of carbonyl (C=O) groups is 1. The fraction of sp³-hybridized carbons (Fsp3) is 0.316. The van der Waals surface area contributed by atoms with Crippen LogP contribution in [-0.2, 0) is 6.54 Å². The van der Waals surface area contributed by atoms with E-state index in [9.17, 15) is 4.79 Å². The highest BCUT2D eigenvalue weighted by Crippen LogP contribution is 2.26. The summed E-state index contributed by atoms with van der Waals surface area (Å²) in [4.78, 5) is 16.4. The van der Waals surface area contributed by atoms with Gasteiger partial charge < -0.3 is 19.9 Å². The number of nitrogens with one attached hydrogen (secondary N) is 1. The van der Waals surface area contributed by atoms with Gasteiger partial charge in [-0.2, -0.15) is 0 Å². The van der Waals surface area contributed by atoms with E-state index in [4.69, 9.17) is 27.9 Å². The number of piperazine rings is 1. The van der Waals surface area contributed by atoms with E-state index in [0.29, 0.717) is 30.4 Å². The summed E-state index contributed by atoms with van der Waals surface area (Å²) >= 11 is 12.4. The molecular formula is C19H21Cl2N3O2. The van der Waals surface area contributed by atoms with Crippen molar-refractivity contribution in [3.63, 3.8) is 0 Å². The number of amides is 2. The molecule has 0 spiro atoms. The molecule has 0 radical (unpaired) electrons. The minimum absolute atomic E-state index is 0.0734. The van der Waals surface area contributed by atoms with Gasteiger partial charge in [0, 0.05) is 32.7 Å². The largest absolute Gasteiger partial charge is 0.495 e. The molecule has 1 aliphatic heterocycles. The molecule has 2 amide bonds. The van der Waals surface area contributed by atoms with Crippen LogP contribution in [0.4, 0.5) is 10.5 Å². The van der Waals surface area contributed by atoms with Crippen molar-refractivity contribution in [2.45, 2.75) is 6.54 Å². The van der Waals surface area contributed by atoms with E-state index in [-0.39, 0.29) is 6.03 Å². The second kappa shape index (κ2) is 8.52. The summed E-state index contributed by atoms with van der Waals surface area (Å²) in [5, 5.41) is 4.21. The van der Waals surface area contributed by atoms with Crippen LogP contribution in [0.1, 0.15) is 5.56 Å². The minimum atomic E-state index is -0.0734. The fourth-order valence-electron chi connectivity index (χ4n) is 2.97. The van der Waals surface area contributed by atoms with Crippen LogP contribution >= 0.6 is 23.2 Å². The van der Waals surface area contributed by atoms with Gasteiger partial charge >= 0.3 is 6.03 Å². The van der Waals surface area contributed by atoms with Gasteiger partial charge in [0.25, 0.3) is 0 Å². The summed E-state index contributed by atoms with van der Waals surface area (Å²) in [5.41, 5.74) is 1.95. The van der Waals surface area contributed by atoms with Crippen LogP contribution in [0.2, 0.25) is 10.0 Å². The van der Waals surface area contributed by atoms with Gasteiger partial charge in [0.05, 0.1) is 22.8 Å². The lowest BCUT2D eigenvalue weighted by molar-refractivity contribution is 0.194. The van der Waals surface area contributed by atoms with E-state index in [0.717, 1.165) is 29.4 Å². The number of hydrogen-bond acceptors (Lipinski definition) is 3. The molecule has 138 valence electrons. The van der Waals surface area contributed by atoms with Crippen LogP contribution in [0.25, 0.3) is 0 Å². The summed E-state index contributed by atoms with van der Waals surface area (Å²) in [6, 6.07) is 13.2. The number of hydrogen-bond donors (Lipinski definition) is 1. The van der Waals surface area contributed by atoms with Crippen LogP contribution in [0, 0.1) is 0 Å². The predicted octanol–water partition coefficient (Wildman–Crippen LogP) is 4.03. The molecule has 1 aliphatic rings. The average Bonchev–Trinajstić information content (AvgIpc) is 2.67. The van der Waals surface area contributed by atoms with Gasteiger partial charge in [-0.1, -0.05) is 41.4 Å². The maximum Gasteiger partial charge on any atom is 0.317 e. The Morgan fingerprint density at radius 2 is 1.81 bits per heavy atom. The summed E-state index contributed by atoms with van der Waals surface area (Å²) in [7, 11) is 1.57. The van der Waals surface area contributed by atoms with Gasteiger partial charge in [-0.15, -0.1) is 0 Å². The van der Waals surface area contributed by atoms with Crippen molar-refractivity contribution in [3.8, 4) is 5.75 Å². The molecular weight excluding hydrogens is 373 g/mol. The molecule has 0 saturated carbocycles. The third kappa shape index (κ3) is 4.34. The summed E-state index contributed by atoms with van der Waals surface area (Å²) < 4.78 is 5.13. The number of benzene rings is 2. The highest BCUT2D eigenvalue weighted by molar-refractivity contribution is 6.33. The highest BCUT2D eigenvalue weighted by Gasteiger charge is 2.22. The first-order valence-electron chi connectivity index (χ1n) is 8.43. The number of anilines is 1. The summed E-state index contributed by atoms with van der Waals surface area (Å²) in [6.07, 6.45) is 0. The number of rotatable bonds is 4. The molecule has 0 unspecified atom stereocenters. The van der Waals surface area contributed by atoms with Crippen LogP contribution in [0.3, 0.4) is 0 Å². The number of methoxy groups -OCH3 is 1. The van der Waals surface area contributed by atoms with Crippen molar-refractivity contribution < 1.29 is 9.53 Å². The molecule has 0 bridgehead atoms. The number of para-hydroxylation sites is 1. The Balaban J connectivity index is 1.51. The van der Waals surface area contributed by atoms with Gasteiger partial charge in [-0.05, 0) is 29.8 Å². The maximum absolute atomic E-state index is 12.4. The predicted molar refractivity (Wildman–Crippen MR) is 105 cm³/mol. The van der Waals surface area contributed by atoms with E-state index in [2.05, 4.69) is 10.2 Å². The monoisotopic (exact) mass is 393 g/mol. The first-order chi connectivity index (χ1) is 12.6. The Bertz CT molecular complexity index is 777. The van der Waals surface area contributed by atoms with Gasteiger partial charge in [0.1, 0.15) is 5.75 Å². The highest BCUT2D eigenvalue weighted by atomic mass is 35.5. The summed E-state index contributed by atoms with van der Waals surface area (Å²) in [6.45, 7) is 3.24. The van der Waals surface area contributed by atoms with Crippen LogP contribution in [0.15, 0.2) is 42.5 Å². The van der Waals surface area contributed by atoms with E-state index >= 15 is 0 Å². The lowest BCUT2D eigenvalue weighted by atomic mass is 10.2. The molecule has 0 aromatic heterocycles. The lowest BCUT2D eigenvalue weighted by Crippen LogP contribution is -2.51. The van der Waals surface area contributed by atoms with Crippen LogP contribution in [-0.4, -0.2) is 44.2 Å². The quantitative estimate of drug-likeness (QED) is 0.852. The molecule has 1 N–H and O–H groups in total. The zero-order valence-electron chi connectivity index (χ0n) is 14.5. The van der Waals surface area contributed by atoms with Crippen molar-refractivity contribution >= 4 is 34.9 Å². The Morgan fingerprint density at radius 3 is 2.46 bits per heavy atom.